The molecule has 0 spiro atoms. The Labute approximate surface area is 168 Å². The van der Waals surface area contributed by atoms with Gasteiger partial charge in [-0.15, -0.1) is 0 Å². The highest BCUT2D eigenvalue weighted by molar-refractivity contribution is 5.64. The van der Waals surface area contributed by atoms with E-state index in [0.29, 0.717) is 17.9 Å². The monoisotopic (exact) mass is 381 g/mol. The van der Waals surface area contributed by atoms with Crippen LogP contribution in [0.2, 0.25) is 0 Å². The van der Waals surface area contributed by atoms with Crippen LogP contribution in [0.3, 0.4) is 0 Å². The highest BCUT2D eigenvalue weighted by atomic mass is 19.1. The number of rotatable bonds is 7. The van der Waals surface area contributed by atoms with Gasteiger partial charge in [0.1, 0.15) is 5.82 Å². The van der Waals surface area contributed by atoms with Crippen molar-refractivity contribution in [2.45, 2.75) is 58.9 Å². The molecule has 3 aliphatic rings. The average Bonchev–Trinajstić information content (AvgIpc) is 3.28. The van der Waals surface area contributed by atoms with Crippen LogP contribution in [0.25, 0.3) is 0 Å². The molecule has 0 fully saturated rings. The van der Waals surface area contributed by atoms with E-state index < -0.39 is 0 Å². The average molecular weight is 382 g/mol. The Morgan fingerprint density at radius 3 is 2.75 bits per heavy atom. The minimum atomic E-state index is -0.201. The molecule has 3 atom stereocenters. The zero-order valence-corrected chi connectivity index (χ0v) is 17.3. The number of hydrogen-bond donors (Lipinski definition) is 2. The van der Waals surface area contributed by atoms with E-state index in [0.717, 1.165) is 12.2 Å². The van der Waals surface area contributed by atoms with Crippen molar-refractivity contribution in [3.8, 4) is 0 Å². The third kappa shape index (κ3) is 3.50. The minimum Gasteiger partial charge on any atom is -0.314 e. The van der Waals surface area contributed by atoms with Gasteiger partial charge in [0, 0.05) is 23.7 Å². The second-order valence-electron chi connectivity index (χ2n) is 8.29. The van der Waals surface area contributed by atoms with Crippen molar-refractivity contribution in [2.75, 3.05) is 11.6 Å². The summed E-state index contributed by atoms with van der Waals surface area (Å²) in [5, 5.41) is 5.78. The minimum absolute atomic E-state index is 0.201. The molecule has 1 unspecified atom stereocenters. The Balaban J connectivity index is 1.58. The molecule has 0 bridgehead atoms. The second-order valence-corrected chi connectivity index (χ2v) is 8.29. The molecule has 1 heterocycles. The maximum Gasteiger partial charge on any atom is 0.123 e. The van der Waals surface area contributed by atoms with Crippen molar-refractivity contribution in [3.05, 3.63) is 64.8 Å². The predicted octanol–water partition coefficient (Wildman–Crippen LogP) is 5.44. The van der Waals surface area contributed by atoms with Gasteiger partial charge in [-0.1, -0.05) is 32.8 Å². The van der Waals surface area contributed by atoms with E-state index in [1.807, 2.05) is 12.1 Å². The van der Waals surface area contributed by atoms with E-state index in [1.165, 1.54) is 61.1 Å². The lowest BCUT2D eigenvalue weighted by Crippen LogP contribution is -2.32. The largest absolute Gasteiger partial charge is 0.314 e. The summed E-state index contributed by atoms with van der Waals surface area (Å²) < 4.78 is 13.3. The van der Waals surface area contributed by atoms with Gasteiger partial charge in [0.25, 0.3) is 0 Å². The molecule has 2 aliphatic carbocycles. The number of allylic oxidation sites excluding steroid dienone is 4. The number of nitrogens with zero attached hydrogens (tertiary/aromatic N) is 1. The summed E-state index contributed by atoms with van der Waals surface area (Å²) in [6, 6.07) is 7.32. The van der Waals surface area contributed by atoms with E-state index in [1.54, 1.807) is 5.57 Å². The van der Waals surface area contributed by atoms with Crippen LogP contribution in [0, 0.1) is 17.7 Å². The molecular formula is C24H32FN3. The Morgan fingerprint density at radius 2 is 2.04 bits per heavy atom. The quantitative estimate of drug-likeness (QED) is 0.658. The first-order valence-electron chi connectivity index (χ1n) is 10.8. The molecule has 0 saturated heterocycles. The number of fused-ring (bicyclic) bond motifs is 1. The summed E-state index contributed by atoms with van der Waals surface area (Å²) in [6.07, 6.45) is 10.7. The summed E-state index contributed by atoms with van der Waals surface area (Å²) >= 11 is 0. The number of benzene rings is 1. The van der Waals surface area contributed by atoms with Gasteiger partial charge in [0.05, 0.1) is 11.4 Å². The molecule has 3 nitrogen and oxygen atoms in total. The fourth-order valence-electron chi connectivity index (χ4n) is 5.25. The number of hydrogen-bond acceptors (Lipinski definition) is 3. The van der Waals surface area contributed by atoms with Gasteiger partial charge < -0.3 is 10.7 Å². The third-order valence-corrected chi connectivity index (χ3v) is 6.49. The normalized spacial score (nSPS) is 24.5. The van der Waals surface area contributed by atoms with Gasteiger partial charge in [0.2, 0.25) is 0 Å². The molecule has 2 N–H and O–H groups in total. The van der Waals surface area contributed by atoms with Crippen LogP contribution in [0.1, 0.15) is 52.9 Å². The molecule has 150 valence electrons. The lowest BCUT2D eigenvalue weighted by Gasteiger charge is -2.31. The summed E-state index contributed by atoms with van der Waals surface area (Å²) in [5.74, 6) is 0.914. The molecule has 0 radical (unpaired) electrons. The van der Waals surface area contributed by atoms with Crippen LogP contribution < -0.4 is 15.8 Å². The molecular weight excluding hydrogens is 349 g/mol. The van der Waals surface area contributed by atoms with Gasteiger partial charge in [0.15, 0.2) is 0 Å². The van der Waals surface area contributed by atoms with E-state index >= 15 is 0 Å². The van der Waals surface area contributed by atoms with Crippen LogP contribution in [0.4, 0.5) is 10.1 Å². The fraction of sp³-hybridized carbons (Fsp3) is 0.500. The standard InChI is InChI=1S/C24H32FN3/c1-4-6-20(26-5-2)13-17-7-8-18-14-23-22(16(3)24(17)18)15-27-28(23)21-11-9-19(25)10-12-21/h9-12,14-17,20,26-27H,4-8,13H2,1-3H3/t16-,17+,20?/m0/s1. The first kappa shape index (κ1) is 19.3. The van der Waals surface area contributed by atoms with Gasteiger partial charge in [-0.3, -0.25) is 5.01 Å². The maximum atomic E-state index is 13.3. The smallest absolute Gasteiger partial charge is 0.123 e. The summed E-state index contributed by atoms with van der Waals surface area (Å²) in [5.41, 5.74) is 10.1. The van der Waals surface area contributed by atoms with Crippen LogP contribution in [0.15, 0.2) is 59.0 Å². The molecule has 4 heteroatoms. The van der Waals surface area contributed by atoms with Gasteiger partial charge in [-0.25, -0.2) is 4.39 Å². The van der Waals surface area contributed by atoms with Crippen LogP contribution in [-0.2, 0) is 0 Å². The number of halogens is 1. The molecule has 4 rings (SSSR count). The van der Waals surface area contributed by atoms with E-state index in [2.05, 4.69) is 48.8 Å². The molecule has 1 aliphatic heterocycles. The molecule has 28 heavy (non-hydrogen) atoms. The molecule has 0 saturated carbocycles. The third-order valence-electron chi connectivity index (χ3n) is 6.49. The van der Waals surface area contributed by atoms with Crippen LogP contribution in [-0.4, -0.2) is 12.6 Å². The molecule has 0 aromatic heterocycles. The van der Waals surface area contributed by atoms with Crippen molar-refractivity contribution in [1.29, 1.82) is 0 Å². The zero-order chi connectivity index (χ0) is 19.7. The lowest BCUT2D eigenvalue weighted by molar-refractivity contribution is 0.386. The second kappa shape index (κ2) is 8.12. The van der Waals surface area contributed by atoms with Crippen molar-refractivity contribution < 1.29 is 4.39 Å². The fourth-order valence-corrected chi connectivity index (χ4v) is 5.25. The summed E-state index contributed by atoms with van der Waals surface area (Å²) in [6.45, 7) is 7.88. The SMILES string of the molecule is CCCC(C[C@H]1CCC2=C1[C@@H](C)C1=CNN(c3ccc(F)cc3)C1=C2)NCC. The van der Waals surface area contributed by atoms with E-state index in [-0.39, 0.29) is 5.82 Å². The Hall–Kier alpha value is -2.07. The van der Waals surface area contributed by atoms with Crippen molar-refractivity contribution in [1.82, 2.24) is 10.7 Å². The van der Waals surface area contributed by atoms with Crippen molar-refractivity contribution in [2.24, 2.45) is 11.8 Å². The molecule has 0 amide bonds. The van der Waals surface area contributed by atoms with E-state index in [9.17, 15) is 4.39 Å². The van der Waals surface area contributed by atoms with Crippen molar-refractivity contribution in [3.63, 3.8) is 0 Å². The number of nitrogens with one attached hydrogen (secondary N) is 2. The molecule has 1 aromatic carbocycles. The lowest BCUT2D eigenvalue weighted by atomic mass is 9.78. The van der Waals surface area contributed by atoms with Gasteiger partial charge >= 0.3 is 0 Å². The zero-order valence-electron chi connectivity index (χ0n) is 17.3. The number of hydrazine groups is 1. The molecule has 1 aromatic rings. The summed E-state index contributed by atoms with van der Waals surface area (Å²) in [4.78, 5) is 0. The maximum absolute atomic E-state index is 13.3. The Morgan fingerprint density at radius 1 is 1.25 bits per heavy atom. The number of anilines is 1. The topological polar surface area (TPSA) is 27.3 Å². The highest BCUT2D eigenvalue weighted by Crippen LogP contribution is 2.49. The van der Waals surface area contributed by atoms with Gasteiger partial charge in [-0.05, 0) is 74.1 Å². The highest BCUT2D eigenvalue weighted by Gasteiger charge is 2.38. The Kier molecular flexibility index (Phi) is 5.58. The van der Waals surface area contributed by atoms with Crippen LogP contribution >= 0.6 is 0 Å². The van der Waals surface area contributed by atoms with Crippen LogP contribution in [0.5, 0.6) is 0 Å². The first-order valence-corrected chi connectivity index (χ1v) is 10.8. The first-order chi connectivity index (χ1) is 13.6. The summed E-state index contributed by atoms with van der Waals surface area (Å²) in [7, 11) is 0. The van der Waals surface area contributed by atoms with Gasteiger partial charge in [-0.2, -0.15) is 0 Å². The van der Waals surface area contributed by atoms with E-state index in [4.69, 9.17) is 0 Å². The predicted molar refractivity (Wildman–Crippen MR) is 114 cm³/mol. The van der Waals surface area contributed by atoms with Crippen molar-refractivity contribution >= 4 is 5.69 Å². The Bertz CT molecular complexity index is 800.